The standard InChI is InChI=1S/C25H23N3O3S3/c1-3-31-19-10-8-18(9-11-19)13-21-23(30)28(25(32)34-21)15-22(29)27-24-26-14-20(33-24)12-17-6-4-16(2)5-7-17/h4-11,13-14H,3,12,15H2,1-2H3,(H,26,27,29). The van der Waals surface area contributed by atoms with E-state index in [9.17, 15) is 9.59 Å². The van der Waals surface area contributed by atoms with E-state index >= 15 is 0 Å². The highest BCUT2D eigenvalue weighted by molar-refractivity contribution is 8.26. The Labute approximate surface area is 212 Å². The Bertz CT molecular complexity index is 1230. The first-order valence-electron chi connectivity index (χ1n) is 10.7. The van der Waals surface area contributed by atoms with Crippen LogP contribution in [-0.4, -0.2) is 39.2 Å². The zero-order chi connectivity index (χ0) is 24.1. The summed E-state index contributed by atoms with van der Waals surface area (Å²) in [6, 6.07) is 15.8. The molecule has 2 heterocycles. The molecule has 4 rings (SSSR count). The molecule has 1 saturated heterocycles. The Kier molecular flexibility index (Phi) is 7.77. The van der Waals surface area contributed by atoms with E-state index in [2.05, 4.69) is 41.5 Å². The number of amides is 2. The van der Waals surface area contributed by atoms with Crippen molar-refractivity contribution in [3.8, 4) is 5.75 Å². The van der Waals surface area contributed by atoms with Crippen LogP contribution in [0, 0.1) is 6.92 Å². The number of anilines is 1. The third-order valence-corrected chi connectivity index (χ3v) is 7.25. The highest BCUT2D eigenvalue weighted by atomic mass is 32.2. The average molecular weight is 510 g/mol. The normalized spacial score (nSPS) is 14.6. The number of hydrogen-bond donors (Lipinski definition) is 1. The van der Waals surface area contributed by atoms with E-state index in [4.69, 9.17) is 17.0 Å². The molecule has 0 aliphatic carbocycles. The van der Waals surface area contributed by atoms with E-state index in [1.165, 1.54) is 39.1 Å². The highest BCUT2D eigenvalue weighted by Gasteiger charge is 2.33. The molecule has 0 unspecified atom stereocenters. The number of rotatable bonds is 8. The molecule has 9 heteroatoms. The van der Waals surface area contributed by atoms with Crippen molar-refractivity contribution in [1.29, 1.82) is 0 Å². The van der Waals surface area contributed by atoms with E-state index in [-0.39, 0.29) is 18.4 Å². The lowest BCUT2D eigenvalue weighted by Gasteiger charge is -2.13. The summed E-state index contributed by atoms with van der Waals surface area (Å²) in [7, 11) is 0. The molecule has 0 bridgehead atoms. The number of ether oxygens (including phenoxy) is 1. The fraction of sp³-hybridized carbons (Fsp3) is 0.200. The van der Waals surface area contributed by atoms with Crippen LogP contribution in [0.25, 0.3) is 6.08 Å². The first kappa shape index (κ1) is 24.1. The van der Waals surface area contributed by atoms with Crippen molar-refractivity contribution in [1.82, 2.24) is 9.88 Å². The van der Waals surface area contributed by atoms with Gasteiger partial charge in [-0.25, -0.2) is 4.98 Å². The summed E-state index contributed by atoms with van der Waals surface area (Å²) in [5.74, 6) is 0.154. The third-order valence-electron chi connectivity index (χ3n) is 4.96. The van der Waals surface area contributed by atoms with Crippen LogP contribution < -0.4 is 10.1 Å². The van der Waals surface area contributed by atoms with Gasteiger partial charge in [0.25, 0.3) is 5.91 Å². The number of benzene rings is 2. The summed E-state index contributed by atoms with van der Waals surface area (Å²) >= 11 is 7.96. The van der Waals surface area contributed by atoms with Crippen molar-refractivity contribution in [3.63, 3.8) is 0 Å². The van der Waals surface area contributed by atoms with E-state index < -0.39 is 0 Å². The molecule has 174 valence electrons. The SMILES string of the molecule is CCOc1ccc(C=C2SC(=S)N(CC(=O)Nc3ncc(Cc4ccc(C)cc4)s3)C2=O)cc1. The summed E-state index contributed by atoms with van der Waals surface area (Å²) in [4.78, 5) is 32.6. The lowest BCUT2D eigenvalue weighted by molar-refractivity contribution is -0.126. The molecule has 34 heavy (non-hydrogen) atoms. The second-order valence-corrected chi connectivity index (χ2v) is 10.4. The molecule has 1 fully saturated rings. The van der Waals surface area contributed by atoms with Gasteiger partial charge < -0.3 is 10.1 Å². The molecule has 6 nitrogen and oxygen atoms in total. The Hall–Kier alpha value is -3.01. The lowest BCUT2D eigenvalue weighted by atomic mass is 10.1. The second-order valence-electron chi connectivity index (χ2n) is 7.61. The molecular weight excluding hydrogens is 486 g/mol. The molecule has 2 aromatic carbocycles. The molecule has 1 aliphatic rings. The number of nitrogens with one attached hydrogen (secondary N) is 1. The number of carbonyl (C=O) groups excluding carboxylic acids is 2. The molecule has 3 aromatic rings. The average Bonchev–Trinajstić information content (AvgIpc) is 3.35. The van der Waals surface area contributed by atoms with Crippen LogP contribution in [0.5, 0.6) is 5.75 Å². The van der Waals surface area contributed by atoms with E-state index in [0.717, 1.165) is 22.6 Å². The predicted molar refractivity (Wildman–Crippen MR) is 142 cm³/mol. The largest absolute Gasteiger partial charge is 0.494 e. The van der Waals surface area contributed by atoms with Gasteiger partial charge in [0.1, 0.15) is 16.6 Å². The monoisotopic (exact) mass is 509 g/mol. The Morgan fingerprint density at radius 3 is 2.62 bits per heavy atom. The summed E-state index contributed by atoms with van der Waals surface area (Å²) in [6.45, 7) is 4.42. The lowest BCUT2D eigenvalue weighted by Crippen LogP contribution is -2.36. The highest BCUT2D eigenvalue weighted by Crippen LogP contribution is 2.32. The van der Waals surface area contributed by atoms with Crippen LogP contribution in [0.1, 0.15) is 28.5 Å². The van der Waals surface area contributed by atoms with E-state index in [1.54, 1.807) is 12.3 Å². The molecule has 2 amide bonds. The summed E-state index contributed by atoms with van der Waals surface area (Å²) in [6.07, 6.45) is 4.28. The van der Waals surface area contributed by atoms with Crippen molar-refractivity contribution in [3.05, 3.63) is 81.2 Å². The van der Waals surface area contributed by atoms with Crippen LogP contribution in [0.2, 0.25) is 0 Å². The number of aryl methyl sites for hydroxylation is 1. The van der Waals surface area contributed by atoms with Gasteiger partial charge in [-0.2, -0.15) is 0 Å². The van der Waals surface area contributed by atoms with Gasteiger partial charge in [0.15, 0.2) is 5.13 Å². The molecular formula is C25H23N3O3S3. The van der Waals surface area contributed by atoms with Crippen molar-refractivity contribution < 1.29 is 14.3 Å². The molecule has 0 saturated carbocycles. The van der Waals surface area contributed by atoms with Crippen molar-refractivity contribution in [2.75, 3.05) is 18.5 Å². The Balaban J connectivity index is 1.35. The Morgan fingerprint density at radius 1 is 1.18 bits per heavy atom. The fourth-order valence-corrected chi connectivity index (χ4v) is 5.39. The fourth-order valence-electron chi connectivity index (χ4n) is 3.27. The van der Waals surface area contributed by atoms with Gasteiger partial charge in [-0.3, -0.25) is 14.5 Å². The third kappa shape index (κ3) is 6.11. The number of thiazole rings is 1. The molecule has 0 spiro atoms. The van der Waals surface area contributed by atoms with Crippen molar-refractivity contribution in [2.24, 2.45) is 0 Å². The summed E-state index contributed by atoms with van der Waals surface area (Å²) < 4.78 is 5.80. The zero-order valence-corrected chi connectivity index (χ0v) is 21.2. The molecule has 1 aromatic heterocycles. The van der Waals surface area contributed by atoms with Crippen LogP contribution >= 0.6 is 35.3 Å². The zero-order valence-electron chi connectivity index (χ0n) is 18.7. The number of carbonyl (C=O) groups is 2. The van der Waals surface area contributed by atoms with Gasteiger partial charge in [-0.05, 0) is 43.2 Å². The second kappa shape index (κ2) is 10.9. The molecule has 1 aliphatic heterocycles. The number of thioether (sulfide) groups is 1. The number of hydrogen-bond acceptors (Lipinski definition) is 7. The van der Waals surface area contributed by atoms with Crippen LogP contribution in [0.3, 0.4) is 0 Å². The van der Waals surface area contributed by atoms with Crippen molar-refractivity contribution >= 4 is 62.7 Å². The van der Waals surface area contributed by atoms with E-state index in [0.29, 0.717) is 21.0 Å². The van der Waals surface area contributed by atoms with Crippen LogP contribution in [0.4, 0.5) is 5.13 Å². The van der Waals surface area contributed by atoms with Gasteiger partial charge in [0.2, 0.25) is 5.91 Å². The van der Waals surface area contributed by atoms with E-state index in [1.807, 2.05) is 31.2 Å². The molecule has 0 radical (unpaired) electrons. The first-order valence-corrected chi connectivity index (χ1v) is 12.7. The maximum atomic E-state index is 12.8. The molecule has 0 atom stereocenters. The maximum absolute atomic E-state index is 12.8. The van der Waals surface area contributed by atoms with Gasteiger partial charge in [-0.1, -0.05) is 65.9 Å². The minimum absolute atomic E-state index is 0.155. The minimum Gasteiger partial charge on any atom is -0.494 e. The maximum Gasteiger partial charge on any atom is 0.266 e. The quantitative estimate of drug-likeness (QED) is 0.329. The van der Waals surface area contributed by atoms with Gasteiger partial charge >= 0.3 is 0 Å². The Morgan fingerprint density at radius 2 is 1.91 bits per heavy atom. The summed E-state index contributed by atoms with van der Waals surface area (Å²) in [5, 5.41) is 3.28. The number of aromatic nitrogens is 1. The predicted octanol–water partition coefficient (Wildman–Crippen LogP) is 5.28. The number of nitrogens with zero attached hydrogens (tertiary/aromatic N) is 2. The smallest absolute Gasteiger partial charge is 0.266 e. The van der Waals surface area contributed by atoms with Crippen LogP contribution in [-0.2, 0) is 16.0 Å². The van der Waals surface area contributed by atoms with Gasteiger partial charge in [-0.15, -0.1) is 11.3 Å². The van der Waals surface area contributed by atoms with Crippen LogP contribution in [0.15, 0.2) is 59.6 Å². The topological polar surface area (TPSA) is 71.5 Å². The van der Waals surface area contributed by atoms with Gasteiger partial charge in [0.05, 0.1) is 11.5 Å². The summed E-state index contributed by atoms with van der Waals surface area (Å²) in [5.41, 5.74) is 3.26. The van der Waals surface area contributed by atoms with Crippen molar-refractivity contribution in [2.45, 2.75) is 20.3 Å². The number of thiocarbonyl (C=S) groups is 1. The minimum atomic E-state index is -0.338. The van der Waals surface area contributed by atoms with Gasteiger partial charge in [0, 0.05) is 17.5 Å². The first-order chi connectivity index (χ1) is 16.4. The molecule has 1 N–H and O–H groups in total.